The van der Waals surface area contributed by atoms with E-state index in [0.29, 0.717) is 6.61 Å². The molecule has 0 unspecified atom stereocenters. The van der Waals surface area contributed by atoms with Gasteiger partial charge in [0.25, 0.3) is 0 Å². The number of carbonyl (C=O) groups excluding carboxylic acids is 1. The zero-order valence-corrected chi connectivity index (χ0v) is 10.7. The molecule has 19 heavy (non-hydrogen) atoms. The molecule has 2 aromatic rings. The van der Waals surface area contributed by atoms with Gasteiger partial charge in [-0.15, -0.1) is 0 Å². The molecule has 3 heteroatoms. The summed E-state index contributed by atoms with van der Waals surface area (Å²) in [7, 11) is 0. The summed E-state index contributed by atoms with van der Waals surface area (Å²) in [5.74, 6) is 2.24. The summed E-state index contributed by atoms with van der Waals surface area (Å²) >= 11 is 0. The summed E-state index contributed by atoms with van der Waals surface area (Å²) in [6, 6.07) is 11.2. The fraction of sp³-hybridized carbons (Fsp3) is 0.312. The number of carbonyl (C=O) groups is 1. The summed E-state index contributed by atoms with van der Waals surface area (Å²) in [6.07, 6.45) is 4.49. The second-order valence-corrected chi connectivity index (χ2v) is 4.84. The van der Waals surface area contributed by atoms with Crippen molar-refractivity contribution in [2.24, 2.45) is 5.92 Å². The lowest BCUT2D eigenvalue weighted by molar-refractivity contribution is 0.0967. The van der Waals surface area contributed by atoms with Crippen molar-refractivity contribution in [3.05, 3.63) is 54.0 Å². The molecule has 3 rings (SSSR count). The Morgan fingerprint density at radius 3 is 2.63 bits per heavy atom. The van der Waals surface area contributed by atoms with E-state index in [1.807, 2.05) is 36.4 Å². The van der Waals surface area contributed by atoms with Gasteiger partial charge in [-0.25, -0.2) is 0 Å². The molecule has 1 aromatic heterocycles. The monoisotopic (exact) mass is 256 g/mol. The van der Waals surface area contributed by atoms with Gasteiger partial charge >= 0.3 is 0 Å². The van der Waals surface area contributed by atoms with Gasteiger partial charge in [0, 0.05) is 17.9 Å². The van der Waals surface area contributed by atoms with Crippen LogP contribution in [0.3, 0.4) is 0 Å². The second kappa shape index (κ2) is 5.31. The van der Waals surface area contributed by atoms with Gasteiger partial charge in [0.15, 0.2) is 5.78 Å². The Labute approximate surface area is 112 Å². The molecule has 1 aromatic carbocycles. The number of hydrogen-bond donors (Lipinski definition) is 0. The number of Topliss-reactive ketones (excluding diaryl/α,β-unsaturated/α-hetero) is 1. The topological polar surface area (TPSA) is 39.4 Å². The van der Waals surface area contributed by atoms with Crippen molar-refractivity contribution in [1.29, 1.82) is 0 Å². The highest BCUT2D eigenvalue weighted by atomic mass is 16.5. The zero-order chi connectivity index (χ0) is 13.1. The molecular formula is C16H16O3. The normalized spacial score (nSPS) is 14.3. The van der Waals surface area contributed by atoms with Crippen molar-refractivity contribution < 1.29 is 13.9 Å². The van der Waals surface area contributed by atoms with Gasteiger partial charge in [0.05, 0.1) is 12.9 Å². The molecule has 0 radical (unpaired) electrons. The van der Waals surface area contributed by atoms with Crippen LogP contribution >= 0.6 is 0 Å². The molecular weight excluding hydrogens is 240 g/mol. The number of furan rings is 1. The Bertz CT molecular complexity index is 536. The SMILES string of the molecule is O=C(c1ccc(OCCc2ccco2)cc1)C1CC1. The smallest absolute Gasteiger partial charge is 0.165 e. The Morgan fingerprint density at radius 2 is 2.00 bits per heavy atom. The van der Waals surface area contributed by atoms with Crippen LogP contribution in [0.4, 0.5) is 0 Å². The molecule has 0 atom stereocenters. The van der Waals surface area contributed by atoms with E-state index in [1.54, 1.807) is 6.26 Å². The molecule has 3 nitrogen and oxygen atoms in total. The van der Waals surface area contributed by atoms with Crippen LogP contribution in [0.1, 0.15) is 29.0 Å². The van der Waals surface area contributed by atoms with Crippen LogP contribution in [0.25, 0.3) is 0 Å². The minimum atomic E-state index is 0.266. The molecule has 1 aliphatic rings. The molecule has 0 spiro atoms. The van der Waals surface area contributed by atoms with Gasteiger partial charge in [0.1, 0.15) is 11.5 Å². The molecule has 1 heterocycles. The summed E-state index contributed by atoms with van der Waals surface area (Å²) in [4.78, 5) is 11.8. The molecule has 0 N–H and O–H groups in total. The highest BCUT2D eigenvalue weighted by Crippen LogP contribution is 2.32. The van der Waals surface area contributed by atoms with Gasteiger partial charge < -0.3 is 9.15 Å². The maximum absolute atomic E-state index is 11.8. The van der Waals surface area contributed by atoms with Gasteiger partial charge in [-0.1, -0.05) is 0 Å². The lowest BCUT2D eigenvalue weighted by Gasteiger charge is -2.06. The highest BCUT2D eigenvalue weighted by molar-refractivity contribution is 5.99. The summed E-state index contributed by atoms with van der Waals surface area (Å²) in [5, 5.41) is 0. The number of ketones is 1. The van der Waals surface area contributed by atoms with E-state index in [-0.39, 0.29) is 11.7 Å². The second-order valence-electron chi connectivity index (χ2n) is 4.84. The first-order valence-electron chi connectivity index (χ1n) is 6.62. The largest absolute Gasteiger partial charge is 0.493 e. The average Bonchev–Trinajstić information content (AvgIpc) is 3.17. The first kappa shape index (κ1) is 12.0. The van der Waals surface area contributed by atoms with E-state index in [1.165, 1.54) is 0 Å². The summed E-state index contributed by atoms with van der Waals surface area (Å²) in [5.41, 5.74) is 0.792. The number of ether oxygens (including phenoxy) is 1. The zero-order valence-electron chi connectivity index (χ0n) is 10.7. The lowest BCUT2D eigenvalue weighted by atomic mass is 10.1. The van der Waals surface area contributed by atoms with Crippen molar-refractivity contribution in [1.82, 2.24) is 0 Å². The third-order valence-corrected chi connectivity index (χ3v) is 3.28. The van der Waals surface area contributed by atoms with Crippen LogP contribution in [0.5, 0.6) is 5.75 Å². The van der Waals surface area contributed by atoms with Crippen molar-refractivity contribution >= 4 is 5.78 Å². The Balaban J connectivity index is 1.52. The van der Waals surface area contributed by atoms with Crippen LogP contribution in [0, 0.1) is 5.92 Å². The summed E-state index contributed by atoms with van der Waals surface area (Å²) < 4.78 is 10.8. The molecule has 1 fully saturated rings. The maximum atomic E-state index is 11.8. The lowest BCUT2D eigenvalue weighted by Crippen LogP contribution is -2.03. The van der Waals surface area contributed by atoms with Gasteiger partial charge in [-0.05, 0) is 49.2 Å². The van der Waals surface area contributed by atoms with Crippen molar-refractivity contribution in [2.45, 2.75) is 19.3 Å². The first-order valence-corrected chi connectivity index (χ1v) is 6.62. The fourth-order valence-corrected chi connectivity index (χ4v) is 2.02. The van der Waals surface area contributed by atoms with Gasteiger partial charge in [-0.3, -0.25) is 4.79 Å². The van der Waals surface area contributed by atoms with Crippen molar-refractivity contribution in [3.63, 3.8) is 0 Å². The number of rotatable bonds is 6. The predicted molar refractivity (Wildman–Crippen MR) is 71.4 cm³/mol. The van der Waals surface area contributed by atoms with Crippen LogP contribution in [-0.4, -0.2) is 12.4 Å². The molecule has 0 saturated heterocycles. The predicted octanol–water partition coefficient (Wildman–Crippen LogP) is 3.49. The average molecular weight is 256 g/mol. The molecule has 98 valence electrons. The maximum Gasteiger partial charge on any atom is 0.165 e. The molecule has 0 amide bonds. The van der Waals surface area contributed by atoms with Crippen molar-refractivity contribution in [3.8, 4) is 5.75 Å². The molecule has 0 bridgehead atoms. The van der Waals surface area contributed by atoms with Crippen LogP contribution in [-0.2, 0) is 6.42 Å². The highest BCUT2D eigenvalue weighted by Gasteiger charge is 2.30. The first-order chi connectivity index (χ1) is 9.33. The van der Waals surface area contributed by atoms with E-state index in [4.69, 9.17) is 9.15 Å². The molecule has 0 aliphatic heterocycles. The summed E-state index contributed by atoms with van der Waals surface area (Å²) in [6.45, 7) is 0.573. The van der Waals surface area contributed by atoms with Crippen molar-refractivity contribution in [2.75, 3.05) is 6.61 Å². The van der Waals surface area contributed by atoms with Gasteiger partial charge in [-0.2, -0.15) is 0 Å². The minimum Gasteiger partial charge on any atom is -0.493 e. The van der Waals surface area contributed by atoms with E-state index < -0.39 is 0 Å². The van der Waals surface area contributed by atoms with E-state index in [9.17, 15) is 4.79 Å². The van der Waals surface area contributed by atoms with E-state index in [0.717, 1.165) is 36.3 Å². The standard InChI is InChI=1S/C16H16O3/c17-16(12-3-4-12)13-5-7-15(8-6-13)19-11-9-14-2-1-10-18-14/h1-2,5-8,10,12H,3-4,9,11H2. The number of benzene rings is 1. The third-order valence-electron chi connectivity index (χ3n) is 3.28. The molecule has 1 aliphatic carbocycles. The van der Waals surface area contributed by atoms with Crippen LogP contribution in [0.2, 0.25) is 0 Å². The fourth-order valence-electron chi connectivity index (χ4n) is 2.02. The number of hydrogen-bond acceptors (Lipinski definition) is 3. The Morgan fingerprint density at radius 1 is 1.21 bits per heavy atom. The van der Waals surface area contributed by atoms with Gasteiger partial charge in [0.2, 0.25) is 0 Å². The Hall–Kier alpha value is -2.03. The van der Waals surface area contributed by atoms with Crippen LogP contribution < -0.4 is 4.74 Å². The quantitative estimate of drug-likeness (QED) is 0.743. The molecule has 1 saturated carbocycles. The van der Waals surface area contributed by atoms with E-state index >= 15 is 0 Å². The minimum absolute atomic E-state index is 0.266. The van der Waals surface area contributed by atoms with Crippen LogP contribution in [0.15, 0.2) is 47.1 Å². The van der Waals surface area contributed by atoms with E-state index in [2.05, 4.69) is 0 Å². The third kappa shape index (κ3) is 3.05. The Kier molecular flexibility index (Phi) is 3.36.